The van der Waals surface area contributed by atoms with E-state index in [-0.39, 0.29) is 6.04 Å². The van der Waals surface area contributed by atoms with Crippen LogP contribution in [0.25, 0.3) is 5.65 Å². The van der Waals surface area contributed by atoms with Crippen LogP contribution in [-0.4, -0.2) is 14.6 Å². The van der Waals surface area contributed by atoms with Gasteiger partial charge in [-0.25, -0.2) is 4.52 Å². The number of fused-ring (bicyclic) bond motifs is 2. The van der Waals surface area contributed by atoms with Crippen molar-refractivity contribution < 1.29 is 0 Å². The molecule has 0 radical (unpaired) electrons. The maximum Gasteiger partial charge on any atom is 0.243 e. The molecule has 5 heteroatoms. The molecule has 1 aliphatic carbocycles. The smallest absolute Gasteiger partial charge is 0.243 e. The molecule has 4 rings (SSSR count). The summed E-state index contributed by atoms with van der Waals surface area (Å²) in [6.07, 6.45) is 5.22. The summed E-state index contributed by atoms with van der Waals surface area (Å²) in [6, 6.07) is 12.6. The van der Waals surface area contributed by atoms with E-state index < -0.39 is 0 Å². The zero-order valence-electron chi connectivity index (χ0n) is 11.5. The van der Waals surface area contributed by atoms with Crippen molar-refractivity contribution in [1.29, 1.82) is 0 Å². The Morgan fingerprint density at radius 3 is 3.05 bits per heavy atom. The Balaban J connectivity index is 1.66. The van der Waals surface area contributed by atoms with E-state index in [1.165, 1.54) is 17.5 Å². The van der Waals surface area contributed by atoms with Gasteiger partial charge in [0.2, 0.25) is 5.95 Å². The number of anilines is 1. The molecule has 106 valence electrons. The average Bonchev–Trinajstić information content (AvgIpc) is 2.89. The number of aromatic nitrogens is 3. The molecule has 1 atom stereocenters. The molecule has 0 saturated heterocycles. The number of hydrogen-bond acceptors (Lipinski definition) is 3. The van der Waals surface area contributed by atoms with Gasteiger partial charge in [-0.3, -0.25) is 0 Å². The number of benzene rings is 1. The predicted octanol–water partition coefficient (Wildman–Crippen LogP) is 3.87. The van der Waals surface area contributed by atoms with Gasteiger partial charge in [0, 0.05) is 6.20 Å². The van der Waals surface area contributed by atoms with Gasteiger partial charge < -0.3 is 5.32 Å². The van der Waals surface area contributed by atoms with E-state index in [0.29, 0.717) is 11.0 Å². The fraction of sp³-hybridized carbons (Fsp3) is 0.250. The number of halogens is 1. The normalized spacial score (nSPS) is 17.7. The summed E-state index contributed by atoms with van der Waals surface area (Å²) >= 11 is 5.98. The van der Waals surface area contributed by atoms with E-state index in [9.17, 15) is 0 Å². The third kappa shape index (κ3) is 2.36. The molecular weight excluding hydrogens is 284 g/mol. The quantitative estimate of drug-likeness (QED) is 0.781. The zero-order valence-corrected chi connectivity index (χ0v) is 12.2. The Bertz CT molecular complexity index is 796. The van der Waals surface area contributed by atoms with Crippen LogP contribution in [0.2, 0.25) is 5.02 Å². The van der Waals surface area contributed by atoms with Gasteiger partial charge in [0.05, 0.1) is 11.1 Å². The molecule has 21 heavy (non-hydrogen) atoms. The van der Waals surface area contributed by atoms with Gasteiger partial charge in [0.15, 0.2) is 5.65 Å². The molecule has 2 aromatic heterocycles. The van der Waals surface area contributed by atoms with Crippen LogP contribution in [0.15, 0.2) is 42.6 Å². The van der Waals surface area contributed by atoms with Crippen LogP contribution in [-0.2, 0) is 6.42 Å². The lowest BCUT2D eigenvalue weighted by Gasteiger charge is -2.25. The van der Waals surface area contributed by atoms with Crippen LogP contribution in [0.3, 0.4) is 0 Å². The summed E-state index contributed by atoms with van der Waals surface area (Å²) in [5.74, 6) is 0.652. The Labute approximate surface area is 127 Å². The number of rotatable bonds is 2. The molecule has 1 aromatic carbocycles. The summed E-state index contributed by atoms with van der Waals surface area (Å²) in [7, 11) is 0. The number of nitrogens with zero attached hydrogens (tertiary/aromatic N) is 3. The Kier molecular flexibility index (Phi) is 3.04. The number of aryl methyl sites for hydroxylation is 1. The minimum absolute atomic E-state index is 0.280. The van der Waals surface area contributed by atoms with E-state index in [1.807, 2.05) is 12.1 Å². The lowest BCUT2D eigenvalue weighted by atomic mass is 9.88. The second-order valence-electron chi connectivity index (χ2n) is 5.37. The van der Waals surface area contributed by atoms with Gasteiger partial charge in [-0.1, -0.05) is 35.9 Å². The molecule has 2 heterocycles. The minimum atomic E-state index is 0.280. The lowest BCUT2D eigenvalue weighted by Crippen LogP contribution is -2.17. The summed E-state index contributed by atoms with van der Waals surface area (Å²) in [5, 5.41) is 8.56. The third-order valence-corrected chi connectivity index (χ3v) is 4.19. The van der Waals surface area contributed by atoms with E-state index in [4.69, 9.17) is 11.6 Å². The summed E-state index contributed by atoms with van der Waals surface area (Å²) in [6.45, 7) is 0. The minimum Gasteiger partial charge on any atom is -0.346 e. The van der Waals surface area contributed by atoms with Crippen LogP contribution in [0, 0.1) is 0 Å². The molecule has 0 saturated carbocycles. The number of pyridine rings is 1. The maximum atomic E-state index is 5.98. The molecule has 0 spiro atoms. The molecular formula is C16H15ClN4. The molecule has 0 bridgehead atoms. The molecule has 0 aliphatic heterocycles. The first kappa shape index (κ1) is 12.7. The van der Waals surface area contributed by atoms with E-state index in [0.717, 1.165) is 18.5 Å². The largest absolute Gasteiger partial charge is 0.346 e. The summed E-state index contributed by atoms with van der Waals surface area (Å²) in [4.78, 5) is 4.50. The van der Waals surface area contributed by atoms with Gasteiger partial charge in [0.25, 0.3) is 0 Å². The maximum absolute atomic E-state index is 5.98. The Hall–Kier alpha value is -2.07. The van der Waals surface area contributed by atoms with Crippen LogP contribution in [0.5, 0.6) is 0 Å². The molecule has 1 unspecified atom stereocenters. The van der Waals surface area contributed by atoms with Crippen LogP contribution in [0.1, 0.15) is 30.0 Å². The van der Waals surface area contributed by atoms with Crippen molar-refractivity contribution >= 4 is 23.2 Å². The van der Waals surface area contributed by atoms with Crippen molar-refractivity contribution in [3.63, 3.8) is 0 Å². The first-order valence-corrected chi connectivity index (χ1v) is 7.54. The molecule has 3 aromatic rings. The van der Waals surface area contributed by atoms with Crippen LogP contribution < -0.4 is 5.32 Å². The molecule has 1 aliphatic rings. The molecule has 4 nitrogen and oxygen atoms in total. The van der Waals surface area contributed by atoms with Gasteiger partial charge in [0.1, 0.15) is 0 Å². The second kappa shape index (κ2) is 5.04. The highest BCUT2D eigenvalue weighted by Crippen LogP contribution is 2.31. The van der Waals surface area contributed by atoms with Crippen molar-refractivity contribution in [3.8, 4) is 0 Å². The van der Waals surface area contributed by atoms with Crippen molar-refractivity contribution in [2.75, 3.05) is 5.32 Å². The van der Waals surface area contributed by atoms with Crippen molar-refractivity contribution in [2.45, 2.75) is 25.3 Å². The first-order valence-electron chi connectivity index (χ1n) is 7.16. The molecule has 1 N–H and O–H groups in total. The van der Waals surface area contributed by atoms with Crippen LogP contribution in [0.4, 0.5) is 5.95 Å². The zero-order chi connectivity index (χ0) is 14.2. The van der Waals surface area contributed by atoms with Gasteiger partial charge in [-0.15, -0.1) is 5.10 Å². The fourth-order valence-electron chi connectivity index (χ4n) is 2.98. The van der Waals surface area contributed by atoms with Gasteiger partial charge in [-0.2, -0.15) is 4.98 Å². The van der Waals surface area contributed by atoms with Gasteiger partial charge in [-0.05, 0) is 42.5 Å². The highest BCUT2D eigenvalue weighted by atomic mass is 35.5. The second-order valence-corrected chi connectivity index (χ2v) is 5.81. The standard InChI is InChI=1S/C16H15ClN4/c17-12-8-9-15-19-16(20-21(15)10-12)18-14-7-3-5-11-4-1-2-6-13(11)14/h1-2,4,6,8-10,14H,3,5,7H2,(H,18,20). The average molecular weight is 299 g/mol. The molecule has 0 amide bonds. The highest BCUT2D eigenvalue weighted by molar-refractivity contribution is 6.30. The Morgan fingerprint density at radius 1 is 1.19 bits per heavy atom. The van der Waals surface area contributed by atoms with E-state index >= 15 is 0 Å². The fourth-order valence-corrected chi connectivity index (χ4v) is 3.13. The van der Waals surface area contributed by atoms with Crippen molar-refractivity contribution in [3.05, 3.63) is 58.7 Å². The number of nitrogens with one attached hydrogen (secondary N) is 1. The summed E-state index contributed by atoms with van der Waals surface area (Å²) in [5.41, 5.74) is 3.58. The monoisotopic (exact) mass is 298 g/mol. The van der Waals surface area contributed by atoms with Gasteiger partial charge >= 0.3 is 0 Å². The SMILES string of the molecule is Clc1ccc2nc(NC3CCCc4ccccc43)nn2c1. The molecule has 0 fully saturated rings. The van der Waals surface area contributed by atoms with Crippen LogP contribution >= 0.6 is 11.6 Å². The predicted molar refractivity (Wildman–Crippen MR) is 83.7 cm³/mol. The third-order valence-electron chi connectivity index (χ3n) is 3.97. The topological polar surface area (TPSA) is 42.2 Å². The Morgan fingerprint density at radius 2 is 2.10 bits per heavy atom. The van der Waals surface area contributed by atoms with E-state index in [1.54, 1.807) is 10.7 Å². The van der Waals surface area contributed by atoms with Crippen molar-refractivity contribution in [2.24, 2.45) is 0 Å². The first-order chi connectivity index (χ1) is 10.3. The summed E-state index contributed by atoms with van der Waals surface area (Å²) < 4.78 is 1.71. The van der Waals surface area contributed by atoms with E-state index in [2.05, 4.69) is 39.7 Å². The number of hydrogen-bond donors (Lipinski definition) is 1. The van der Waals surface area contributed by atoms with Crippen molar-refractivity contribution in [1.82, 2.24) is 14.6 Å². The highest BCUT2D eigenvalue weighted by Gasteiger charge is 2.20. The lowest BCUT2D eigenvalue weighted by molar-refractivity contribution is 0.596.